The third-order valence-corrected chi connectivity index (χ3v) is 5.75. The minimum Gasteiger partial charge on any atom is -0.334 e. The normalized spacial score (nSPS) is 12.9. The Kier molecular flexibility index (Phi) is 5.40. The van der Waals surface area contributed by atoms with Crippen LogP contribution in [0.25, 0.3) is 11.3 Å². The second kappa shape index (κ2) is 8.66. The minimum atomic E-state index is -0.463. The van der Waals surface area contributed by atoms with Gasteiger partial charge in [-0.1, -0.05) is 60.7 Å². The van der Waals surface area contributed by atoms with Crippen LogP contribution in [0, 0.1) is 10.1 Å². The molecule has 0 saturated heterocycles. The summed E-state index contributed by atoms with van der Waals surface area (Å²) in [5, 5.41) is 15.9. The molecule has 1 amide bonds. The fourth-order valence-electron chi connectivity index (χ4n) is 4.10. The van der Waals surface area contributed by atoms with Crippen LogP contribution in [0.3, 0.4) is 0 Å². The van der Waals surface area contributed by atoms with E-state index in [0.29, 0.717) is 36.3 Å². The highest BCUT2D eigenvalue weighted by molar-refractivity contribution is 6.00. The zero-order valence-electron chi connectivity index (χ0n) is 17.8. The van der Waals surface area contributed by atoms with E-state index < -0.39 is 4.92 Å². The third kappa shape index (κ3) is 4.23. The Hall–Kier alpha value is -4.33. The number of carbonyl (C=O) groups excluding carboxylic acids is 1. The summed E-state index contributed by atoms with van der Waals surface area (Å²) in [5.41, 5.74) is 4.53. The maximum absolute atomic E-state index is 13.6. The first-order valence-electron chi connectivity index (χ1n) is 10.7. The summed E-state index contributed by atoms with van der Waals surface area (Å²) in [4.78, 5) is 30.2. The molecule has 0 N–H and O–H groups in total. The summed E-state index contributed by atoms with van der Waals surface area (Å²) < 4.78 is 1.79. The van der Waals surface area contributed by atoms with Gasteiger partial charge in [0.2, 0.25) is 0 Å². The Morgan fingerprint density at radius 3 is 2.52 bits per heavy atom. The van der Waals surface area contributed by atoms with Gasteiger partial charge in [0.1, 0.15) is 11.9 Å². The van der Waals surface area contributed by atoms with Crippen LogP contribution in [-0.2, 0) is 19.5 Å². The van der Waals surface area contributed by atoms with Crippen LogP contribution in [0.2, 0.25) is 0 Å². The molecule has 0 aliphatic carbocycles. The molecular formula is C25H21N5O3. The molecule has 0 fully saturated rings. The lowest BCUT2D eigenvalue weighted by atomic mass is 10.0. The first-order valence-corrected chi connectivity index (χ1v) is 10.7. The van der Waals surface area contributed by atoms with E-state index in [9.17, 15) is 14.9 Å². The number of aromatic nitrogens is 3. The van der Waals surface area contributed by atoms with Crippen molar-refractivity contribution in [3.63, 3.8) is 0 Å². The van der Waals surface area contributed by atoms with Crippen molar-refractivity contribution < 1.29 is 9.72 Å². The fourth-order valence-corrected chi connectivity index (χ4v) is 4.10. The van der Waals surface area contributed by atoms with Crippen molar-refractivity contribution in [2.45, 2.75) is 19.5 Å². The molecule has 3 heterocycles. The van der Waals surface area contributed by atoms with E-state index >= 15 is 0 Å². The third-order valence-electron chi connectivity index (χ3n) is 5.75. The molecule has 0 radical (unpaired) electrons. The number of rotatable bonds is 5. The van der Waals surface area contributed by atoms with Crippen LogP contribution in [-0.4, -0.2) is 37.0 Å². The molecule has 0 spiro atoms. The first-order chi connectivity index (χ1) is 16.1. The molecule has 4 aromatic rings. The molecule has 1 aliphatic heterocycles. The van der Waals surface area contributed by atoms with Crippen molar-refractivity contribution in [1.82, 2.24) is 19.7 Å². The van der Waals surface area contributed by atoms with Crippen LogP contribution in [0.1, 0.15) is 27.2 Å². The predicted molar refractivity (Wildman–Crippen MR) is 123 cm³/mol. The van der Waals surface area contributed by atoms with Crippen molar-refractivity contribution in [2.24, 2.45) is 0 Å². The van der Waals surface area contributed by atoms with E-state index in [1.165, 1.54) is 12.3 Å². The summed E-state index contributed by atoms with van der Waals surface area (Å²) in [6, 6.07) is 21.1. The van der Waals surface area contributed by atoms with Gasteiger partial charge in [-0.3, -0.25) is 24.6 Å². The molecule has 5 rings (SSSR count). The van der Waals surface area contributed by atoms with Crippen LogP contribution in [0.15, 0.2) is 79.1 Å². The van der Waals surface area contributed by atoms with Crippen molar-refractivity contribution in [2.75, 3.05) is 6.54 Å². The van der Waals surface area contributed by atoms with Gasteiger partial charge in [0, 0.05) is 43.0 Å². The van der Waals surface area contributed by atoms with Gasteiger partial charge in [-0.05, 0) is 11.1 Å². The Morgan fingerprint density at radius 2 is 1.79 bits per heavy atom. The van der Waals surface area contributed by atoms with Crippen molar-refractivity contribution in [3.8, 4) is 11.3 Å². The van der Waals surface area contributed by atoms with Gasteiger partial charge in [0.25, 0.3) is 11.6 Å². The summed E-state index contributed by atoms with van der Waals surface area (Å²) in [7, 11) is 0. The maximum atomic E-state index is 13.6. The van der Waals surface area contributed by atoms with Crippen LogP contribution in [0.5, 0.6) is 0 Å². The lowest BCUT2D eigenvalue weighted by molar-refractivity contribution is -0.385. The molecule has 0 atom stereocenters. The number of carbonyl (C=O) groups is 1. The Morgan fingerprint density at radius 1 is 1.06 bits per heavy atom. The molecule has 0 saturated carbocycles. The number of benzene rings is 2. The first kappa shape index (κ1) is 20.6. The zero-order valence-corrected chi connectivity index (χ0v) is 17.8. The molecule has 1 aliphatic rings. The number of nitrogens with zero attached hydrogens (tertiary/aromatic N) is 5. The molecular weight excluding hydrogens is 418 g/mol. The maximum Gasteiger partial charge on any atom is 0.287 e. The van der Waals surface area contributed by atoms with Gasteiger partial charge < -0.3 is 4.90 Å². The molecule has 8 nitrogen and oxygen atoms in total. The Balaban J connectivity index is 1.48. The zero-order chi connectivity index (χ0) is 22.8. The monoisotopic (exact) mass is 439 g/mol. The average Bonchev–Trinajstić information content (AvgIpc) is 3.27. The summed E-state index contributed by atoms with van der Waals surface area (Å²) >= 11 is 0. The predicted octanol–water partition coefficient (Wildman–Crippen LogP) is 4.10. The molecule has 8 heteroatoms. The largest absolute Gasteiger partial charge is 0.334 e. The number of amides is 1. The highest BCUT2D eigenvalue weighted by atomic mass is 16.6. The quantitative estimate of drug-likeness (QED) is 0.345. The lowest BCUT2D eigenvalue weighted by Gasteiger charge is -2.28. The Labute approximate surface area is 190 Å². The van der Waals surface area contributed by atoms with Crippen LogP contribution in [0.4, 0.5) is 5.69 Å². The number of hydrogen-bond donors (Lipinski definition) is 0. The minimum absolute atomic E-state index is 0.0660. The molecule has 0 unspecified atom stereocenters. The van der Waals surface area contributed by atoms with E-state index in [-0.39, 0.29) is 18.1 Å². The van der Waals surface area contributed by atoms with Crippen molar-refractivity contribution >= 4 is 11.6 Å². The topological polar surface area (TPSA) is 94.2 Å². The number of fused-ring (bicyclic) bond motifs is 1. The lowest BCUT2D eigenvalue weighted by Crippen LogP contribution is -2.36. The second-order valence-corrected chi connectivity index (χ2v) is 7.97. The molecule has 164 valence electrons. The number of nitro groups is 1. The van der Waals surface area contributed by atoms with Crippen molar-refractivity contribution in [3.05, 3.63) is 112 Å². The van der Waals surface area contributed by atoms with Crippen LogP contribution < -0.4 is 0 Å². The summed E-state index contributed by atoms with van der Waals surface area (Å²) in [6.45, 7) is 1.32. The van der Waals surface area contributed by atoms with E-state index in [0.717, 1.165) is 16.8 Å². The van der Waals surface area contributed by atoms with Gasteiger partial charge >= 0.3 is 0 Å². The smallest absolute Gasteiger partial charge is 0.287 e. The molecule has 0 bridgehead atoms. The second-order valence-electron chi connectivity index (χ2n) is 7.97. The summed E-state index contributed by atoms with van der Waals surface area (Å²) in [5.74, 6) is -0.148. The molecule has 33 heavy (non-hydrogen) atoms. The number of pyridine rings is 1. The highest BCUT2D eigenvalue weighted by Gasteiger charge is 2.27. The van der Waals surface area contributed by atoms with E-state index in [1.807, 2.05) is 60.7 Å². The van der Waals surface area contributed by atoms with E-state index in [2.05, 4.69) is 4.98 Å². The molecule has 2 aromatic heterocycles. The highest BCUT2D eigenvalue weighted by Crippen LogP contribution is 2.27. The fraction of sp³-hybridized carbons (Fsp3) is 0.160. The van der Waals surface area contributed by atoms with Gasteiger partial charge in [-0.2, -0.15) is 5.10 Å². The standard InChI is InChI=1S/C25H21N5O3/c31-25(28-12-11-23-20(16-28)13-21(14-26-23)30(32)33)22-17-29(15-18-7-3-1-4-8-18)27-24(22)19-9-5-2-6-10-19/h1-10,13-14,17H,11-12,15-16H2. The van der Waals surface area contributed by atoms with E-state index in [4.69, 9.17) is 5.10 Å². The van der Waals surface area contributed by atoms with Gasteiger partial charge in [-0.25, -0.2) is 0 Å². The van der Waals surface area contributed by atoms with Crippen molar-refractivity contribution in [1.29, 1.82) is 0 Å². The Bertz CT molecular complexity index is 1320. The number of hydrogen-bond acceptors (Lipinski definition) is 5. The molecule has 2 aromatic carbocycles. The van der Waals surface area contributed by atoms with E-state index in [1.54, 1.807) is 15.8 Å². The SMILES string of the molecule is O=C(c1cn(Cc2ccccc2)nc1-c1ccccc1)N1CCc2ncc([N+](=O)[O-])cc2C1. The van der Waals surface area contributed by atoms with Gasteiger partial charge in [-0.15, -0.1) is 0 Å². The van der Waals surface area contributed by atoms with Crippen LogP contribution >= 0.6 is 0 Å². The summed E-state index contributed by atoms with van der Waals surface area (Å²) in [6.07, 6.45) is 3.62. The van der Waals surface area contributed by atoms with Gasteiger partial charge in [0.15, 0.2) is 0 Å². The van der Waals surface area contributed by atoms with Gasteiger partial charge in [0.05, 0.1) is 17.0 Å². The average molecular weight is 439 g/mol.